The Labute approximate surface area is 99.9 Å². The van der Waals surface area contributed by atoms with Crippen LogP contribution in [0.1, 0.15) is 19.3 Å². The zero-order valence-corrected chi connectivity index (χ0v) is 9.72. The molecule has 1 amide bonds. The van der Waals surface area contributed by atoms with Gasteiger partial charge < -0.3 is 20.1 Å². The summed E-state index contributed by atoms with van der Waals surface area (Å²) in [5.74, 6) is -1.05. The summed E-state index contributed by atoms with van der Waals surface area (Å²) in [6.45, 7) is 2.11. The standard InChI is InChI=1S/C11H18N2O4/c14-10(8-7-17-6-4-12-8)13-5-2-1-3-9(13)11(15)16/h8-9,12H,1-7H2,(H,15,16)/t8?,9-/m1/s1. The highest BCUT2D eigenvalue weighted by molar-refractivity contribution is 5.87. The van der Waals surface area contributed by atoms with Crippen molar-refractivity contribution in [3.05, 3.63) is 0 Å². The van der Waals surface area contributed by atoms with Crippen molar-refractivity contribution in [2.24, 2.45) is 0 Å². The van der Waals surface area contributed by atoms with Crippen LogP contribution in [0.3, 0.4) is 0 Å². The summed E-state index contributed by atoms with van der Waals surface area (Å²) in [5, 5.41) is 12.2. The fourth-order valence-corrected chi connectivity index (χ4v) is 2.38. The molecule has 2 saturated heterocycles. The van der Waals surface area contributed by atoms with Crippen molar-refractivity contribution in [1.29, 1.82) is 0 Å². The molecule has 0 bridgehead atoms. The van der Waals surface area contributed by atoms with Gasteiger partial charge in [-0.1, -0.05) is 0 Å². The maximum atomic E-state index is 12.2. The second kappa shape index (κ2) is 5.46. The van der Waals surface area contributed by atoms with Crippen LogP contribution in [0.2, 0.25) is 0 Å². The Bertz CT molecular complexity index is 302. The molecule has 6 heteroatoms. The van der Waals surface area contributed by atoms with Gasteiger partial charge in [-0.25, -0.2) is 4.79 Å². The van der Waals surface area contributed by atoms with Gasteiger partial charge in [0.1, 0.15) is 12.1 Å². The van der Waals surface area contributed by atoms with Crippen LogP contribution in [0.15, 0.2) is 0 Å². The van der Waals surface area contributed by atoms with Crippen LogP contribution in [-0.2, 0) is 14.3 Å². The van der Waals surface area contributed by atoms with Gasteiger partial charge in [0, 0.05) is 13.1 Å². The number of carbonyl (C=O) groups excluding carboxylic acids is 1. The number of carboxylic acid groups (broad SMARTS) is 1. The smallest absolute Gasteiger partial charge is 0.326 e. The van der Waals surface area contributed by atoms with Gasteiger partial charge in [0.05, 0.1) is 13.2 Å². The van der Waals surface area contributed by atoms with Crippen molar-refractivity contribution < 1.29 is 19.4 Å². The number of hydrogen-bond donors (Lipinski definition) is 2. The van der Waals surface area contributed by atoms with Crippen LogP contribution in [0.5, 0.6) is 0 Å². The Hall–Kier alpha value is -1.14. The molecule has 0 spiro atoms. The molecule has 0 aromatic rings. The van der Waals surface area contributed by atoms with Gasteiger partial charge >= 0.3 is 5.97 Å². The van der Waals surface area contributed by atoms with Crippen LogP contribution < -0.4 is 5.32 Å². The van der Waals surface area contributed by atoms with E-state index in [1.807, 2.05) is 0 Å². The summed E-state index contributed by atoms with van der Waals surface area (Å²) in [6.07, 6.45) is 2.30. The third-order valence-electron chi connectivity index (χ3n) is 3.29. The van der Waals surface area contributed by atoms with E-state index < -0.39 is 12.0 Å². The normalized spacial score (nSPS) is 30.0. The summed E-state index contributed by atoms with van der Waals surface area (Å²) in [7, 11) is 0. The average molecular weight is 242 g/mol. The number of piperidine rings is 1. The Balaban J connectivity index is 2.02. The number of nitrogens with zero attached hydrogens (tertiary/aromatic N) is 1. The van der Waals surface area contributed by atoms with E-state index in [0.717, 1.165) is 12.8 Å². The molecule has 2 atom stereocenters. The molecule has 2 aliphatic heterocycles. The van der Waals surface area contributed by atoms with Gasteiger partial charge in [-0.05, 0) is 19.3 Å². The van der Waals surface area contributed by atoms with E-state index in [-0.39, 0.29) is 11.9 Å². The summed E-state index contributed by atoms with van der Waals surface area (Å²) >= 11 is 0. The monoisotopic (exact) mass is 242 g/mol. The molecule has 0 saturated carbocycles. The highest BCUT2D eigenvalue weighted by Crippen LogP contribution is 2.18. The minimum Gasteiger partial charge on any atom is -0.480 e. The number of nitrogens with one attached hydrogen (secondary N) is 1. The molecule has 2 rings (SSSR count). The van der Waals surface area contributed by atoms with Crippen LogP contribution >= 0.6 is 0 Å². The maximum Gasteiger partial charge on any atom is 0.326 e. The quantitative estimate of drug-likeness (QED) is 0.678. The molecule has 2 N–H and O–H groups in total. The molecular weight excluding hydrogens is 224 g/mol. The number of aliphatic carboxylic acids is 1. The zero-order chi connectivity index (χ0) is 12.3. The molecule has 0 radical (unpaired) electrons. The van der Waals surface area contributed by atoms with Gasteiger partial charge in [0.25, 0.3) is 0 Å². The predicted molar refractivity (Wildman–Crippen MR) is 59.6 cm³/mol. The largest absolute Gasteiger partial charge is 0.480 e. The van der Waals surface area contributed by atoms with E-state index in [9.17, 15) is 9.59 Å². The first-order chi connectivity index (χ1) is 8.20. The van der Waals surface area contributed by atoms with E-state index in [4.69, 9.17) is 9.84 Å². The van der Waals surface area contributed by atoms with Gasteiger partial charge in [0.15, 0.2) is 0 Å². The van der Waals surface area contributed by atoms with Crippen molar-refractivity contribution in [2.75, 3.05) is 26.3 Å². The molecule has 2 aliphatic rings. The molecule has 2 fully saturated rings. The molecule has 0 aliphatic carbocycles. The maximum absolute atomic E-state index is 12.2. The molecular formula is C11H18N2O4. The Kier molecular flexibility index (Phi) is 3.96. The molecule has 0 aromatic heterocycles. The van der Waals surface area contributed by atoms with Gasteiger partial charge in [-0.3, -0.25) is 4.79 Å². The lowest BCUT2D eigenvalue weighted by Gasteiger charge is -2.36. The summed E-state index contributed by atoms with van der Waals surface area (Å²) in [6, 6.07) is -1.05. The number of rotatable bonds is 2. The third kappa shape index (κ3) is 2.76. The number of likely N-dealkylation sites (tertiary alicyclic amines) is 1. The SMILES string of the molecule is O=C(O)[C@H]1CCCCN1C(=O)C1COCCN1. The predicted octanol–water partition coefficient (Wildman–Crippen LogP) is -0.559. The molecule has 17 heavy (non-hydrogen) atoms. The molecule has 1 unspecified atom stereocenters. The minimum absolute atomic E-state index is 0.142. The zero-order valence-electron chi connectivity index (χ0n) is 9.72. The Morgan fingerprint density at radius 1 is 1.35 bits per heavy atom. The first kappa shape index (κ1) is 12.3. The molecule has 2 heterocycles. The van der Waals surface area contributed by atoms with Crippen molar-refractivity contribution in [2.45, 2.75) is 31.3 Å². The molecule has 6 nitrogen and oxygen atoms in total. The van der Waals surface area contributed by atoms with E-state index in [1.54, 1.807) is 0 Å². The second-order valence-electron chi connectivity index (χ2n) is 4.46. The first-order valence-corrected chi connectivity index (χ1v) is 6.04. The summed E-state index contributed by atoms with van der Waals surface area (Å²) < 4.78 is 5.23. The lowest BCUT2D eigenvalue weighted by atomic mass is 10.0. The van der Waals surface area contributed by atoms with E-state index in [2.05, 4.69) is 5.32 Å². The fraction of sp³-hybridized carbons (Fsp3) is 0.818. The molecule has 0 aromatic carbocycles. The van der Waals surface area contributed by atoms with E-state index in [1.165, 1.54) is 4.90 Å². The van der Waals surface area contributed by atoms with Crippen molar-refractivity contribution in [3.8, 4) is 0 Å². The van der Waals surface area contributed by atoms with Crippen molar-refractivity contribution in [3.63, 3.8) is 0 Å². The molecule has 96 valence electrons. The highest BCUT2D eigenvalue weighted by atomic mass is 16.5. The number of amides is 1. The number of morpholine rings is 1. The lowest BCUT2D eigenvalue weighted by Crippen LogP contribution is -2.57. The summed E-state index contributed by atoms with van der Waals surface area (Å²) in [5.41, 5.74) is 0. The van der Waals surface area contributed by atoms with E-state index >= 15 is 0 Å². The highest BCUT2D eigenvalue weighted by Gasteiger charge is 2.35. The number of carbonyl (C=O) groups is 2. The Morgan fingerprint density at radius 2 is 2.18 bits per heavy atom. The number of hydrogen-bond acceptors (Lipinski definition) is 4. The Morgan fingerprint density at radius 3 is 2.82 bits per heavy atom. The van der Waals surface area contributed by atoms with Gasteiger partial charge in [0.2, 0.25) is 5.91 Å². The number of carboxylic acids is 1. The van der Waals surface area contributed by atoms with Crippen LogP contribution in [0, 0.1) is 0 Å². The number of ether oxygens (including phenoxy) is 1. The minimum atomic E-state index is -0.908. The van der Waals surface area contributed by atoms with Crippen LogP contribution in [-0.4, -0.2) is 60.3 Å². The summed E-state index contributed by atoms with van der Waals surface area (Å²) in [4.78, 5) is 24.8. The van der Waals surface area contributed by atoms with Crippen molar-refractivity contribution in [1.82, 2.24) is 10.2 Å². The van der Waals surface area contributed by atoms with Crippen molar-refractivity contribution >= 4 is 11.9 Å². The van der Waals surface area contributed by atoms with Gasteiger partial charge in [-0.15, -0.1) is 0 Å². The lowest BCUT2D eigenvalue weighted by molar-refractivity contribution is -0.154. The fourth-order valence-electron chi connectivity index (χ4n) is 2.38. The van der Waals surface area contributed by atoms with Crippen LogP contribution in [0.25, 0.3) is 0 Å². The topological polar surface area (TPSA) is 78.9 Å². The average Bonchev–Trinajstić information content (AvgIpc) is 2.39. The van der Waals surface area contributed by atoms with E-state index in [0.29, 0.717) is 32.7 Å². The second-order valence-corrected chi connectivity index (χ2v) is 4.46. The third-order valence-corrected chi connectivity index (χ3v) is 3.29. The first-order valence-electron chi connectivity index (χ1n) is 6.04. The van der Waals surface area contributed by atoms with Crippen LogP contribution in [0.4, 0.5) is 0 Å². The van der Waals surface area contributed by atoms with Gasteiger partial charge in [-0.2, -0.15) is 0 Å².